The van der Waals surface area contributed by atoms with Crippen LogP contribution < -0.4 is 14.8 Å². The van der Waals surface area contributed by atoms with Crippen LogP contribution in [0.2, 0.25) is 0 Å². The summed E-state index contributed by atoms with van der Waals surface area (Å²) in [6, 6.07) is 4.92. The van der Waals surface area contributed by atoms with E-state index in [1.165, 1.54) is 4.90 Å². The number of aliphatic carboxylic acids is 1. The highest BCUT2D eigenvalue weighted by Crippen LogP contribution is 2.47. The number of hydrogen-bond donors (Lipinski definition) is 2. The highest BCUT2D eigenvalue weighted by Gasteiger charge is 2.44. The first-order valence-electron chi connectivity index (χ1n) is 8.15. The number of amides is 2. The van der Waals surface area contributed by atoms with Gasteiger partial charge in [0, 0.05) is 38.2 Å². The van der Waals surface area contributed by atoms with Gasteiger partial charge < -0.3 is 24.8 Å². The molecule has 0 saturated heterocycles. The van der Waals surface area contributed by atoms with Gasteiger partial charge in [-0.05, 0) is 25.0 Å². The fourth-order valence-electron chi connectivity index (χ4n) is 3.08. The Hall–Kier alpha value is -2.44. The molecule has 2 N–H and O–H groups in total. The second-order valence-corrected chi connectivity index (χ2v) is 6.53. The van der Waals surface area contributed by atoms with Crippen LogP contribution in [-0.4, -0.2) is 41.4 Å². The second-order valence-electron chi connectivity index (χ2n) is 6.53. The lowest BCUT2D eigenvalue weighted by Gasteiger charge is -2.21. The van der Waals surface area contributed by atoms with Crippen molar-refractivity contribution in [2.75, 3.05) is 18.9 Å². The van der Waals surface area contributed by atoms with E-state index < -0.39 is 17.7 Å². The van der Waals surface area contributed by atoms with Gasteiger partial charge in [0.15, 0.2) is 11.5 Å². The fourth-order valence-corrected chi connectivity index (χ4v) is 3.08. The third-order valence-electron chi connectivity index (χ3n) is 4.47. The number of carboxylic acids is 1. The van der Waals surface area contributed by atoms with E-state index in [9.17, 15) is 9.59 Å². The zero-order valence-electron chi connectivity index (χ0n) is 13.9. The molecule has 1 unspecified atom stereocenters. The number of carbonyl (C=O) groups excluding carboxylic acids is 1. The summed E-state index contributed by atoms with van der Waals surface area (Å²) in [5.74, 6) is -0.753. The van der Waals surface area contributed by atoms with E-state index in [0.29, 0.717) is 17.2 Å². The van der Waals surface area contributed by atoms with E-state index >= 15 is 0 Å². The van der Waals surface area contributed by atoms with Crippen molar-refractivity contribution in [1.82, 2.24) is 4.90 Å². The van der Waals surface area contributed by atoms with Crippen LogP contribution in [0.4, 0.5) is 10.5 Å². The summed E-state index contributed by atoms with van der Waals surface area (Å²) in [7, 11) is 1.56. The van der Waals surface area contributed by atoms with E-state index in [1.54, 1.807) is 32.2 Å². The molecule has 0 bridgehead atoms. The lowest BCUT2D eigenvalue weighted by Crippen LogP contribution is -2.36. The molecule has 7 nitrogen and oxygen atoms in total. The number of carboxylic acid groups (broad SMARTS) is 1. The topological polar surface area (TPSA) is 88.1 Å². The zero-order valence-corrected chi connectivity index (χ0v) is 13.9. The van der Waals surface area contributed by atoms with Crippen LogP contribution in [0.3, 0.4) is 0 Å². The molecular weight excluding hydrogens is 312 g/mol. The first-order chi connectivity index (χ1) is 11.4. The standard InChI is InChI=1S/C17H22N2O5/c1-11(15(20)21)10-19(2)16(22)18-12-5-6-13-14(9-12)24-17(23-13)7-3-4-8-17/h5-6,9,11H,3-4,7-8,10H2,1-2H3,(H,18,22)(H,20,21). The van der Waals surface area contributed by atoms with Gasteiger partial charge in [0.25, 0.3) is 5.79 Å². The smallest absolute Gasteiger partial charge is 0.321 e. The minimum Gasteiger partial charge on any atom is -0.481 e. The average molecular weight is 334 g/mol. The van der Waals surface area contributed by atoms with E-state index in [-0.39, 0.29) is 12.6 Å². The number of nitrogens with zero attached hydrogens (tertiary/aromatic N) is 1. The summed E-state index contributed by atoms with van der Waals surface area (Å²) < 4.78 is 11.9. The van der Waals surface area contributed by atoms with Gasteiger partial charge in [-0.3, -0.25) is 4.79 Å². The SMILES string of the molecule is CC(CN(C)C(=O)Nc1ccc2c(c1)OC1(CCCC1)O2)C(=O)O. The molecule has 1 heterocycles. The predicted molar refractivity (Wildman–Crippen MR) is 87.3 cm³/mol. The number of fused-ring (bicyclic) bond motifs is 1. The summed E-state index contributed by atoms with van der Waals surface area (Å²) in [6.07, 6.45) is 3.92. The summed E-state index contributed by atoms with van der Waals surface area (Å²) in [5, 5.41) is 11.7. The van der Waals surface area contributed by atoms with E-state index in [1.807, 2.05) is 0 Å². The minimum absolute atomic E-state index is 0.134. The molecule has 130 valence electrons. The summed E-state index contributed by atoms with van der Waals surface area (Å²) in [5.41, 5.74) is 0.590. The van der Waals surface area contributed by atoms with Crippen molar-refractivity contribution in [2.45, 2.75) is 38.4 Å². The van der Waals surface area contributed by atoms with Crippen LogP contribution >= 0.6 is 0 Å². The maximum atomic E-state index is 12.2. The van der Waals surface area contributed by atoms with Gasteiger partial charge >= 0.3 is 12.0 Å². The minimum atomic E-state index is -0.931. The van der Waals surface area contributed by atoms with Crippen molar-refractivity contribution in [3.63, 3.8) is 0 Å². The van der Waals surface area contributed by atoms with Gasteiger partial charge in [-0.15, -0.1) is 0 Å². The third-order valence-corrected chi connectivity index (χ3v) is 4.47. The van der Waals surface area contributed by atoms with Crippen LogP contribution in [0.15, 0.2) is 18.2 Å². The quantitative estimate of drug-likeness (QED) is 0.884. The Morgan fingerprint density at radius 1 is 1.29 bits per heavy atom. The number of anilines is 1. The van der Waals surface area contributed by atoms with Crippen LogP contribution in [0.5, 0.6) is 11.5 Å². The van der Waals surface area contributed by atoms with Crippen LogP contribution in [0.25, 0.3) is 0 Å². The number of carbonyl (C=O) groups is 2. The molecule has 1 aliphatic carbocycles. The first kappa shape index (κ1) is 16.4. The zero-order chi connectivity index (χ0) is 17.3. The van der Waals surface area contributed by atoms with Gasteiger partial charge in [-0.1, -0.05) is 6.92 Å². The molecule has 3 rings (SSSR count). The van der Waals surface area contributed by atoms with Crippen molar-refractivity contribution < 1.29 is 24.2 Å². The summed E-state index contributed by atoms with van der Waals surface area (Å²) in [6.45, 7) is 1.70. The van der Waals surface area contributed by atoms with Gasteiger partial charge in [0.1, 0.15) is 0 Å². The van der Waals surface area contributed by atoms with Crippen molar-refractivity contribution in [1.29, 1.82) is 0 Å². The average Bonchev–Trinajstić information content (AvgIpc) is 3.12. The van der Waals surface area contributed by atoms with Crippen LogP contribution in [-0.2, 0) is 4.79 Å². The molecule has 1 aromatic carbocycles. The highest BCUT2D eigenvalue weighted by molar-refractivity contribution is 5.90. The highest BCUT2D eigenvalue weighted by atomic mass is 16.7. The lowest BCUT2D eigenvalue weighted by molar-refractivity contribution is -0.141. The van der Waals surface area contributed by atoms with Gasteiger partial charge in [0.2, 0.25) is 0 Å². The Kier molecular flexibility index (Phi) is 4.26. The Morgan fingerprint density at radius 3 is 2.62 bits per heavy atom. The second kappa shape index (κ2) is 6.22. The Morgan fingerprint density at radius 2 is 1.96 bits per heavy atom. The third kappa shape index (κ3) is 3.25. The molecule has 1 spiro atoms. The van der Waals surface area contributed by atoms with E-state index in [4.69, 9.17) is 14.6 Å². The number of rotatable bonds is 4. The summed E-state index contributed by atoms with van der Waals surface area (Å²) >= 11 is 0. The number of urea groups is 1. The van der Waals surface area contributed by atoms with Crippen molar-refractivity contribution in [2.24, 2.45) is 5.92 Å². The molecule has 24 heavy (non-hydrogen) atoms. The first-order valence-corrected chi connectivity index (χ1v) is 8.15. The number of ether oxygens (including phenoxy) is 2. The molecule has 7 heteroatoms. The Labute approximate surface area is 140 Å². The monoisotopic (exact) mass is 334 g/mol. The molecule has 1 atom stereocenters. The molecule has 2 amide bonds. The largest absolute Gasteiger partial charge is 0.481 e. The molecule has 2 aliphatic rings. The van der Waals surface area contributed by atoms with Crippen molar-refractivity contribution in [3.05, 3.63) is 18.2 Å². The van der Waals surface area contributed by atoms with Crippen LogP contribution in [0, 0.1) is 5.92 Å². The fraction of sp³-hybridized carbons (Fsp3) is 0.529. The predicted octanol–water partition coefficient (Wildman–Crippen LogP) is 2.91. The molecule has 1 aromatic rings. The maximum absolute atomic E-state index is 12.2. The van der Waals surface area contributed by atoms with Crippen LogP contribution in [0.1, 0.15) is 32.6 Å². The number of benzene rings is 1. The molecular formula is C17H22N2O5. The maximum Gasteiger partial charge on any atom is 0.321 e. The normalized spacial score (nSPS) is 18.4. The molecule has 0 radical (unpaired) electrons. The number of nitrogens with one attached hydrogen (secondary N) is 1. The van der Waals surface area contributed by atoms with Gasteiger partial charge in [0.05, 0.1) is 5.92 Å². The molecule has 1 saturated carbocycles. The Bertz CT molecular complexity index is 654. The molecule has 1 aliphatic heterocycles. The van der Waals surface area contributed by atoms with Gasteiger partial charge in [-0.2, -0.15) is 0 Å². The summed E-state index contributed by atoms with van der Waals surface area (Å²) in [4.78, 5) is 24.4. The van der Waals surface area contributed by atoms with Gasteiger partial charge in [-0.25, -0.2) is 4.79 Å². The van der Waals surface area contributed by atoms with E-state index in [0.717, 1.165) is 25.7 Å². The number of hydrogen-bond acceptors (Lipinski definition) is 4. The molecule has 1 fully saturated rings. The van der Waals surface area contributed by atoms with Crippen molar-refractivity contribution in [3.8, 4) is 11.5 Å². The lowest BCUT2D eigenvalue weighted by atomic mass is 10.2. The van der Waals surface area contributed by atoms with Crippen molar-refractivity contribution >= 4 is 17.7 Å². The molecule has 0 aromatic heterocycles. The Balaban J connectivity index is 1.63. The van der Waals surface area contributed by atoms with E-state index in [2.05, 4.69) is 5.32 Å².